The molecule has 0 bridgehead atoms. The quantitative estimate of drug-likeness (QED) is 0.426. The Morgan fingerprint density at radius 2 is 1.56 bits per heavy atom. The second-order valence-electron chi connectivity index (χ2n) is 8.70. The van der Waals surface area contributed by atoms with Gasteiger partial charge in [-0.3, -0.25) is 9.59 Å². The standard InChI is InChI=1S/C24H25Cl2N4O5P/c1-29(2)24(34)21-27-19(20(31)22(32)28-21)23(33)30(13-15-8-9-17(25)18(26)11-15)12-14-6-5-7-16(10-14)36(3,4)35/h5-11,31H,12-13H2,1-4H3,(H,27,28,32). The van der Waals surface area contributed by atoms with Gasteiger partial charge in [-0.1, -0.05) is 47.5 Å². The lowest BCUT2D eigenvalue weighted by atomic mass is 10.1. The van der Waals surface area contributed by atoms with E-state index in [9.17, 15) is 24.4 Å². The van der Waals surface area contributed by atoms with Crippen LogP contribution in [0.4, 0.5) is 0 Å². The molecule has 2 amide bonds. The van der Waals surface area contributed by atoms with E-state index in [1.54, 1.807) is 55.8 Å². The minimum Gasteiger partial charge on any atom is -0.501 e. The van der Waals surface area contributed by atoms with Crippen molar-refractivity contribution in [3.8, 4) is 11.6 Å². The van der Waals surface area contributed by atoms with E-state index in [4.69, 9.17) is 23.2 Å². The van der Waals surface area contributed by atoms with Gasteiger partial charge in [0.25, 0.3) is 17.7 Å². The first-order chi connectivity index (χ1) is 16.8. The Balaban J connectivity index is 2.07. The van der Waals surface area contributed by atoms with Crippen molar-refractivity contribution in [2.75, 3.05) is 27.4 Å². The van der Waals surface area contributed by atoms with Crippen LogP contribution in [-0.4, -0.2) is 69.2 Å². The number of benzene rings is 2. The van der Waals surface area contributed by atoms with E-state index in [2.05, 4.69) is 9.97 Å². The average molecular weight is 551 g/mol. The summed E-state index contributed by atoms with van der Waals surface area (Å²) in [5, 5.41) is 21.8. The summed E-state index contributed by atoms with van der Waals surface area (Å²) in [5.41, 5.74) is 0.765. The van der Waals surface area contributed by atoms with E-state index in [1.165, 1.54) is 23.9 Å². The van der Waals surface area contributed by atoms with Crippen molar-refractivity contribution < 1.29 is 24.4 Å². The highest BCUT2D eigenvalue weighted by Gasteiger charge is 2.27. The van der Waals surface area contributed by atoms with Gasteiger partial charge in [-0.25, -0.2) is 4.98 Å². The summed E-state index contributed by atoms with van der Waals surface area (Å²) in [6.45, 7) is 3.36. The van der Waals surface area contributed by atoms with Crippen LogP contribution < -0.4 is 5.30 Å². The number of hydrogen-bond donors (Lipinski definition) is 2. The number of aromatic nitrogens is 2. The molecular formula is C24H25Cl2N4O5P. The van der Waals surface area contributed by atoms with Crippen LogP contribution in [0.1, 0.15) is 32.2 Å². The molecule has 0 saturated heterocycles. The lowest BCUT2D eigenvalue weighted by Crippen LogP contribution is -2.32. The molecule has 0 aliphatic heterocycles. The summed E-state index contributed by atoms with van der Waals surface area (Å²) < 4.78 is 12.6. The number of hydrogen-bond acceptors (Lipinski definition) is 7. The molecule has 0 fully saturated rings. The van der Waals surface area contributed by atoms with Gasteiger partial charge in [0.05, 0.1) is 10.0 Å². The van der Waals surface area contributed by atoms with Crippen LogP contribution in [0.2, 0.25) is 10.0 Å². The fraction of sp³-hybridized carbons (Fsp3) is 0.250. The van der Waals surface area contributed by atoms with Gasteiger partial charge in [0.15, 0.2) is 5.69 Å². The molecule has 2 aromatic carbocycles. The number of nitrogens with zero attached hydrogens (tertiary/aromatic N) is 4. The van der Waals surface area contributed by atoms with Gasteiger partial charge in [0, 0.05) is 32.5 Å². The maximum atomic E-state index is 13.6. The average Bonchev–Trinajstić information content (AvgIpc) is 2.81. The smallest absolute Gasteiger partial charge is 0.291 e. The van der Waals surface area contributed by atoms with Crippen LogP contribution in [0.25, 0.3) is 0 Å². The monoisotopic (exact) mass is 550 g/mol. The summed E-state index contributed by atoms with van der Waals surface area (Å²) in [6.07, 6.45) is 0. The molecule has 0 radical (unpaired) electrons. The number of carbonyl (C=O) groups excluding carboxylic acids is 2. The lowest BCUT2D eigenvalue weighted by molar-refractivity contribution is 0.0718. The zero-order valence-corrected chi connectivity index (χ0v) is 22.5. The molecule has 12 heteroatoms. The van der Waals surface area contributed by atoms with Crippen molar-refractivity contribution >= 4 is 47.5 Å². The number of carbonyl (C=O) groups is 2. The largest absolute Gasteiger partial charge is 0.501 e. The SMILES string of the molecule is CN(C)C(=O)c1nc(O)c(O)c(C(=O)N(Cc2cccc(P(C)(C)=O)c2)Cc2ccc(Cl)c(Cl)c2)n1. The molecule has 1 heterocycles. The van der Waals surface area contributed by atoms with Crippen LogP contribution in [-0.2, 0) is 17.7 Å². The van der Waals surface area contributed by atoms with E-state index in [0.29, 0.717) is 26.5 Å². The van der Waals surface area contributed by atoms with Gasteiger partial charge >= 0.3 is 0 Å². The molecule has 3 rings (SSSR count). The molecule has 0 aliphatic rings. The minimum absolute atomic E-state index is 0.0248. The highest BCUT2D eigenvalue weighted by molar-refractivity contribution is 7.70. The maximum Gasteiger partial charge on any atom is 0.291 e. The van der Waals surface area contributed by atoms with Crippen molar-refractivity contribution in [1.29, 1.82) is 0 Å². The first-order valence-electron chi connectivity index (χ1n) is 10.7. The lowest BCUT2D eigenvalue weighted by Gasteiger charge is -2.24. The van der Waals surface area contributed by atoms with Gasteiger partial charge in [0.2, 0.25) is 11.6 Å². The molecule has 1 aromatic heterocycles. The minimum atomic E-state index is -2.56. The predicted molar refractivity (Wildman–Crippen MR) is 139 cm³/mol. The molecule has 0 spiro atoms. The van der Waals surface area contributed by atoms with E-state index in [1.807, 2.05) is 0 Å². The Labute approximate surface area is 218 Å². The molecule has 36 heavy (non-hydrogen) atoms. The van der Waals surface area contributed by atoms with Crippen LogP contribution in [0, 0.1) is 0 Å². The van der Waals surface area contributed by atoms with Crippen LogP contribution >= 0.6 is 30.3 Å². The maximum absolute atomic E-state index is 13.6. The normalized spacial score (nSPS) is 11.3. The van der Waals surface area contributed by atoms with Gasteiger partial charge < -0.3 is 24.6 Å². The number of aromatic hydroxyl groups is 2. The highest BCUT2D eigenvalue weighted by Crippen LogP contribution is 2.35. The zero-order valence-electron chi connectivity index (χ0n) is 20.1. The third-order valence-corrected chi connectivity index (χ3v) is 7.48. The van der Waals surface area contributed by atoms with E-state index in [0.717, 1.165) is 0 Å². The van der Waals surface area contributed by atoms with E-state index < -0.39 is 42.1 Å². The Hall–Kier alpha value is -3.13. The molecule has 0 saturated carbocycles. The molecule has 2 N–H and O–H groups in total. The molecule has 9 nitrogen and oxygen atoms in total. The predicted octanol–water partition coefficient (Wildman–Crippen LogP) is 3.99. The van der Waals surface area contributed by atoms with Crippen molar-refractivity contribution in [2.24, 2.45) is 0 Å². The van der Waals surface area contributed by atoms with Crippen molar-refractivity contribution in [2.45, 2.75) is 13.1 Å². The van der Waals surface area contributed by atoms with Gasteiger partial charge in [-0.2, -0.15) is 4.98 Å². The van der Waals surface area contributed by atoms with Crippen LogP contribution in [0.15, 0.2) is 42.5 Å². The first-order valence-corrected chi connectivity index (χ1v) is 14.0. The summed E-state index contributed by atoms with van der Waals surface area (Å²) >= 11 is 12.2. The molecule has 0 aliphatic carbocycles. The van der Waals surface area contributed by atoms with Crippen molar-refractivity contribution in [3.63, 3.8) is 0 Å². The fourth-order valence-electron chi connectivity index (χ4n) is 3.31. The third-order valence-electron chi connectivity index (χ3n) is 5.22. The molecule has 0 unspecified atom stereocenters. The summed E-state index contributed by atoms with van der Waals surface area (Å²) in [4.78, 5) is 36.1. The number of rotatable bonds is 7. The van der Waals surface area contributed by atoms with E-state index >= 15 is 0 Å². The number of amides is 2. The Kier molecular flexibility index (Phi) is 8.29. The summed E-state index contributed by atoms with van der Waals surface area (Å²) in [5.74, 6) is -3.63. The molecule has 190 valence electrons. The van der Waals surface area contributed by atoms with Crippen LogP contribution in [0.5, 0.6) is 11.6 Å². The summed E-state index contributed by atoms with van der Waals surface area (Å²) in [6, 6.07) is 11.9. The topological polar surface area (TPSA) is 124 Å². The Morgan fingerprint density at radius 3 is 2.14 bits per heavy atom. The molecule has 3 aromatic rings. The zero-order chi connectivity index (χ0) is 26.8. The van der Waals surface area contributed by atoms with Gasteiger partial charge in [0.1, 0.15) is 7.14 Å². The van der Waals surface area contributed by atoms with Crippen LogP contribution in [0.3, 0.4) is 0 Å². The van der Waals surface area contributed by atoms with Crippen molar-refractivity contribution in [1.82, 2.24) is 19.8 Å². The van der Waals surface area contributed by atoms with Crippen molar-refractivity contribution in [3.05, 3.63) is 75.2 Å². The second-order valence-corrected chi connectivity index (χ2v) is 12.7. The van der Waals surface area contributed by atoms with E-state index in [-0.39, 0.29) is 13.1 Å². The van der Waals surface area contributed by atoms with Gasteiger partial charge in [-0.05, 0) is 42.7 Å². The molecular weight excluding hydrogens is 526 g/mol. The summed E-state index contributed by atoms with van der Waals surface area (Å²) in [7, 11) is 0.357. The highest BCUT2D eigenvalue weighted by atomic mass is 35.5. The second kappa shape index (κ2) is 10.9. The first kappa shape index (κ1) is 27.5. The third kappa shape index (κ3) is 6.35. The number of halogens is 2. The Bertz CT molecular complexity index is 1380. The fourth-order valence-corrected chi connectivity index (χ4v) is 4.55. The van der Waals surface area contributed by atoms with Gasteiger partial charge in [-0.15, -0.1) is 0 Å². The Morgan fingerprint density at radius 1 is 0.917 bits per heavy atom. The molecule has 0 atom stereocenters.